The van der Waals surface area contributed by atoms with Gasteiger partial charge in [-0.2, -0.15) is 0 Å². The Bertz CT molecular complexity index is 1090. The Morgan fingerprint density at radius 2 is 2.11 bits per heavy atom. The number of aromatic amines is 1. The molecule has 3 aromatic rings. The quantitative estimate of drug-likeness (QED) is 0.721. The zero-order valence-electron chi connectivity index (χ0n) is 16.4. The van der Waals surface area contributed by atoms with Crippen molar-refractivity contribution in [1.82, 2.24) is 14.5 Å². The van der Waals surface area contributed by atoms with Crippen molar-refractivity contribution in [2.45, 2.75) is 39.5 Å². The van der Waals surface area contributed by atoms with Crippen LogP contribution in [0.5, 0.6) is 23.3 Å². The van der Waals surface area contributed by atoms with Gasteiger partial charge in [-0.15, -0.1) is 0 Å². The second-order valence-corrected chi connectivity index (χ2v) is 7.64. The topological polar surface area (TPSA) is 89.4 Å². The van der Waals surface area contributed by atoms with Gasteiger partial charge in [0.1, 0.15) is 11.5 Å². The molecule has 2 N–H and O–H groups in total. The van der Waals surface area contributed by atoms with Crippen molar-refractivity contribution in [3.05, 3.63) is 57.8 Å². The van der Waals surface area contributed by atoms with Crippen LogP contribution in [0.25, 0.3) is 5.69 Å². The lowest BCUT2D eigenvalue weighted by molar-refractivity contribution is 0.289. The number of fused-ring (bicyclic) bond motifs is 1. The van der Waals surface area contributed by atoms with Crippen LogP contribution in [0.15, 0.2) is 35.3 Å². The molecular weight excluding hydrogens is 358 g/mol. The number of benzene rings is 1. The van der Waals surface area contributed by atoms with Crippen LogP contribution >= 0.6 is 0 Å². The summed E-state index contributed by atoms with van der Waals surface area (Å²) in [4.78, 5) is 19.1. The molecule has 0 radical (unpaired) electrons. The summed E-state index contributed by atoms with van der Waals surface area (Å²) in [5, 5.41) is 10.2. The average Bonchev–Trinajstić information content (AvgIpc) is 3.14. The number of aromatic hydroxyl groups is 1. The highest BCUT2D eigenvalue weighted by molar-refractivity contribution is 5.56. The van der Waals surface area contributed by atoms with E-state index in [1.807, 2.05) is 26.0 Å². The molecule has 0 atom stereocenters. The number of nitrogens with zero attached hydrogens (tertiary/aromatic N) is 2. The van der Waals surface area contributed by atoms with Crippen molar-refractivity contribution < 1.29 is 14.6 Å². The van der Waals surface area contributed by atoms with Gasteiger partial charge in [-0.05, 0) is 31.0 Å². The standard InChI is InChI=1S/C21H23N3O4/c1-5-14-19(25)24(20(26)23-14)13-7-9-16(22-10-13)28-15-8-6-12(2)18-17(15)21(3,4)11-27-18/h6-10,25H,5,11H2,1-4H3,(H,23,26). The second-order valence-electron chi connectivity index (χ2n) is 7.64. The summed E-state index contributed by atoms with van der Waals surface area (Å²) in [5.41, 5.74) is 2.50. The molecule has 7 heteroatoms. The predicted molar refractivity (Wildman–Crippen MR) is 105 cm³/mol. The summed E-state index contributed by atoms with van der Waals surface area (Å²) in [6.45, 7) is 8.71. The zero-order chi connectivity index (χ0) is 20.1. The highest BCUT2D eigenvalue weighted by Crippen LogP contribution is 2.46. The molecular formula is C21H23N3O4. The van der Waals surface area contributed by atoms with Crippen molar-refractivity contribution in [1.29, 1.82) is 0 Å². The SMILES string of the molecule is CCc1[nH]c(=O)n(-c2ccc(Oc3ccc(C)c4c3C(C)(C)CO4)nc2)c1O. The molecule has 0 bridgehead atoms. The number of ether oxygens (including phenoxy) is 2. The van der Waals surface area contributed by atoms with Crippen molar-refractivity contribution in [3.63, 3.8) is 0 Å². The van der Waals surface area contributed by atoms with Crippen LogP contribution < -0.4 is 15.2 Å². The number of nitrogens with one attached hydrogen (secondary N) is 1. The fraction of sp³-hybridized carbons (Fsp3) is 0.333. The number of imidazole rings is 1. The first-order valence-electron chi connectivity index (χ1n) is 9.26. The molecule has 7 nitrogen and oxygen atoms in total. The molecule has 0 spiro atoms. The Balaban J connectivity index is 1.67. The smallest absolute Gasteiger partial charge is 0.333 e. The molecule has 146 valence electrons. The lowest BCUT2D eigenvalue weighted by atomic mass is 9.85. The Hall–Kier alpha value is -3.22. The Morgan fingerprint density at radius 1 is 1.32 bits per heavy atom. The van der Waals surface area contributed by atoms with Gasteiger partial charge in [-0.1, -0.05) is 26.8 Å². The summed E-state index contributed by atoms with van der Waals surface area (Å²) < 4.78 is 13.1. The monoisotopic (exact) mass is 381 g/mol. The molecule has 1 aromatic carbocycles. The van der Waals surface area contributed by atoms with Gasteiger partial charge in [0, 0.05) is 17.0 Å². The predicted octanol–water partition coefficient (Wildman–Crippen LogP) is 3.60. The van der Waals surface area contributed by atoms with E-state index in [-0.39, 0.29) is 11.3 Å². The van der Waals surface area contributed by atoms with Crippen molar-refractivity contribution in [2.75, 3.05) is 6.61 Å². The van der Waals surface area contributed by atoms with Crippen LogP contribution in [0, 0.1) is 6.92 Å². The van der Waals surface area contributed by atoms with E-state index in [1.165, 1.54) is 10.8 Å². The van der Waals surface area contributed by atoms with Crippen molar-refractivity contribution in [2.24, 2.45) is 0 Å². The summed E-state index contributed by atoms with van der Waals surface area (Å²) in [7, 11) is 0. The fourth-order valence-electron chi connectivity index (χ4n) is 3.54. The van der Waals surface area contributed by atoms with E-state index in [4.69, 9.17) is 9.47 Å². The Labute approximate surface area is 162 Å². The number of hydrogen-bond donors (Lipinski definition) is 2. The summed E-state index contributed by atoms with van der Waals surface area (Å²) in [6.07, 6.45) is 2.03. The van der Waals surface area contributed by atoms with Crippen LogP contribution in [0.3, 0.4) is 0 Å². The lowest BCUT2D eigenvalue weighted by Crippen LogP contribution is -2.19. The Kier molecular flexibility index (Phi) is 4.18. The first-order chi connectivity index (χ1) is 13.3. The van der Waals surface area contributed by atoms with Gasteiger partial charge in [0.25, 0.3) is 0 Å². The summed E-state index contributed by atoms with van der Waals surface area (Å²) in [5.74, 6) is 1.88. The van der Waals surface area contributed by atoms with Gasteiger partial charge in [0.2, 0.25) is 11.8 Å². The molecule has 0 unspecified atom stereocenters. The maximum Gasteiger partial charge on any atom is 0.333 e. The molecule has 0 saturated heterocycles. The van der Waals surface area contributed by atoms with E-state index in [2.05, 4.69) is 23.8 Å². The molecule has 1 aliphatic heterocycles. The second kappa shape index (κ2) is 6.44. The molecule has 28 heavy (non-hydrogen) atoms. The van der Waals surface area contributed by atoms with Gasteiger partial charge in [0.05, 0.1) is 24.2 Å². The highest BCUT2D eigenvalue weighted by Gasteiger charge is 2.36. The van der Waals surface area contributed by atoms with Gasteiger partial charge in [-0.3, -0.25) is 0 Å². The van der Waals surface area contributed by atoms with Crippen LogP contribution in [0.4, 0.5) is 0 Å². The maximum absolute atomic E-state index is 12.1. The Morgan fingerprint density at radius 3 is 2.75 bits per heavy atom. The number of aryl methyl sites for hydroxylation is 2. The van der Waals surface area contributed by atoms with Crippen molar-refractivity contribution >= 4 is 0 Å². The largest absolute Gasteiger partial charge is 0.493 e. The minimum atomic E-state index is -0.403. The molecule has 4 rings (SSSR count). The summed E-state index contributed by atoms with van der Waals surface area (Å²) >= 11 is 0. The minimum Gasteiger partial charge on any atom is -0.493 e. The van der Waals surface area contributed by atoms with Gasteiger partial charge < -0.3 is 19.6 Å². The number of rotatable bonds is 4. The van der Waals surface area contributed by atoms with E-state index >= 15 is 0 Å². The molecule has 1 aliphatic rings. The lowest BCUT2D eigenvalue weighted by Gasteiger charge is -2.19. The van der Waals surface area contributed by atoms with E-state index in [1.54, 1.807) is 12.1 Å². The number of H-pyrrole nitrogens is 1. The molecule has 3 heterocycles. The van der Waals surface area contributed by atoms with Gasteiger partial charge >= 0.3 is 5.69 Å². The van der Waals surface area contributed by atoms with Crippen LogP contribution in [-0.2, 0) is 11.8 Å². The van der Waals surface area contributed by atoms with Crippen LogP contribution in [0.2, 0.25) is 0 Å². The van der Waals surface area contributed by atoms with E-state index < -0.39 is 5.69 Å². The molecule has 2 aromatic heterocycles. The normalized spacial score (nSPS) is 14.6. The first-order valence-corrected chi connectivity index (χ1v) is 9.26. The average molecular weight is 381 g/mol. The van der Waals surface area contributed by atoms with Gasteiger partial charge in [-0.25, -0.2) is 14.3 Å². The number of hydrogen-bond acceptors (Lipinski definition) is 5. The van der Waals surface area contributed by atoms with Crippen LogP contribution in [0.1, 0.15) is 37.6 Å². The summed E-state index contributed by atoms with van der Waals surface area (Å²) in [6, 6.07) is 7.26. The number of aromatic nitrogens is 3. The molecule has 0 fully saturated rings. The third-order valence-electron chi connectivity index (χ3n) is 5.06. The third-order valence-corrected chi connectivity index (χ3v) is 5.06. The molecule has 0 amide bonds. The highest BCUT2D eigenvalue weighted by atomic mass is 16.5. The molecule has 0 saturated carbocycles. The van der Waals surface area contributed by atoms with Crippen LogP contribution in [-0.4, -0.2) is 26.2 Å². The van der Waals surface area contributed by atoms with E-state index in [0.717, 1.165) is 16.9 Å². The maximum atomic E-state index is 12.1. The number of pyridine rings is 1. The third kappa shape index (κ3) is 2.83. The van der Waals surface area contributed by atoms with Gasteiger partial charge in [0.15, 0.2) is 0 Å². The van der Waals surface area contributed by atoms with E-state index in [9.17, 15) is 9.90 Å². The zero-order valence-corrected chi connectivity index (χ0v) is 16.4. The fourth-order valence-corrected chi connectivity index (χ4v) is 3.54. The van der Waals surface area contributed by atoms with E-state index in [0.29, 0.717) is 36.0 Å². The molecule has 0 aliphatic carbocycles. The minimum absolute atomic E-state index is 0.0989. The van der Waals surface area contributed by atoms with Crippen molar-refractivity contribution in [3.8, 4) is 28.9 Å². The first kappa shape index (κ1) is 18.2.